The number of phenols is 1. The lowest BCUT2D eigenvalue weighted by atomic mass is 9.88. The zero-order valence-corrected chi connectivity index (χ0v) is 20.3. The SMILES string of the molecule is Oc1ccc(C(F)(F)F)cc1C1CCNCC1.c1csc(NSc2ccc3c(c2)CCCC3)n1. The van der Waals surface area contributed by atoms with Gasteiger partial charge < -0.3 is 15.1 Å². The molecule has 5 rings (SSSR count). The zero-order valence-electron chi connectivity index (χ0n) is 18.7. The molecule has 0 unspecified atom stereocenters. The third-order valence-corrected chi connectivity index (χ3v) is 7.75. The molecule has 1 aliphatic carbocycles. The minimum Gasteiger partial charge on any atom is -0.508 e. The van der Waals surface area contributed by atoms with Gasteiger partial charge in [-0.15, -0.1) is 11.3 Å². The molecule has 34 heavy (non-hydrogen) atoms. The number of alkyl halides is 3. The Hall–Kier alpha value is -2.23. The number of nitrogens with zero attached hydrogens (tertiary/aromatic N) is 1. The molecule has 0 amide bonds. The molecule has 3 aromatic rings. The van der Waals surface area contributed by atoms with E-state index in [2.05, 4.69) is 33.2 Å². The van der Waals surface area contributed by atoms with Crippen LogP contribution in [0, 0.1) is 0 Å². The van der Waals surface area contributed by atoms with Crippen LogP contribution < -0.4 is 10.0 Å². The van der Waals surface area contributed by atoms with Crippen LogP contribution in [0.15, 0.2) is 52.9 Å². The third-order valence-electron chi connectivity index (χ3n) is 6.14. The van der Waals surface area contributed by atoms with Crippen molar-refractivity contribution in [2.75, 3.05) is 17.8 Å². The Bertz CT molecular complexity index is 1070. The molecule has 0 atom stereocenters. The van der Waals surface area contributed by atoms with Gasteiger partial charge >= 0.3 is 6.18 Å². The molecule has 4 nitrogen and oxygen atoms in total. The van der Waals surface area contributed by atoms with Crippen LogP contribution in [0.4, 0.5) is 18.3 Å². The second-order valence-electron chi connectivity index (χ2n) is 8.47. The molecule has 2 heterocycles. The van der Waals surface area contributed by atoms with Crippen LogP contribution in [0.5, 0.6) is 5.75 Å². The normalized spacial score (nSPS) is 16.3. The number of aromatic nitrogens is 1. The largest absolute Gasteiger partial charge is 0.508 e. The summed E-state index contributed by atoms with van der Waals surface area (Å²) in [7, 11) is 0. The number of aryl methyl sites for hydroxylation is 2. The van der Waals surface area contributed by atoms with Crippen molar-refractivity contribution in [3.63, 3.8) is 0 Å². The van der Waals surface area contributed by atoms with Crippen molar-refractivity contribution >= 4 is 28.4 Å². The first-order valence-corrected chi connectivity index (χ1v) is 13.1. The van der Waals surface area contributed by atoms with E-state index in [4.69, 9.17) is 0 Å². The summed E-state index contributed by atoms with van der Waals surface area (Å²) in [5.41, 5.74) is 2.79. The average Bonchev–Trinajstić information content (AvgIpc) is 3.37. The summed E-state index contributed by atoms with van der Waals surface area (Å²) in [5, 5.41) is 15.8. The molecular formula is C25H28F3N3OS2. The lowest BCUT2D eigenvalue weighted by molar-refractivity contribution is -0.137. The van der Waals surface area contributed by atoms with Gasteiger partial charge in [-0.2, -0.15) is 13.2 Å². The summed E-state index contributed by atoms with van der Waals surface area (Å²) in [6.45, 7) is 1.56. The number of hydrogen-bond acceptors (Lipinski definition) is 6. The van der Waals surface area contributed by atoms with Crippen molar-refractivity contribution in [2.45, 2.75) is 55.5 Å². The van der Waals surface area contributed by atoms with Crippen LogP contribution >= 0.6 is 23.3 Å². The molecule has 2 aromatic carbocycles. The van der Waals surface area contributed by atoms with Gasteiger partial charge in [0.2, 0.25) is 0 Å². The maximum atomic E-state index is 12.6. The van der Waals surface area contributed by atoms with E-state index in [0.29, 0.717) is 5.56 Å². The number of rotatable bonds is 4. The standard InChI is InChI=1S/C13H14N2S2.C12H14F3NO/c1-2-4-11-9-12(6-5-10(11)3-1)17-15-13-14-7-8-16-13;13-12(14,15)9-1-2-11(17)10(7-9)8-3-5-16-6-4-8/h5-9H,1-4H2,(H,14,15);1-2,7-8,16-17H,3-6H2. The molecule has 0 spiro atoms. The predicted octanol–water partition coefficient (Wildman–Crippen LogP) is 7.02. The van der Waals surface area contributed by atoms with E-state index in [9.17, 15) is 18.3 Å². The summed E-state index contributed by atoms with van der Waals surface area (Å²) in [4.78, 5) is 5.48. The summed E-state index contributed by atoms with van der Waals surface area (Å²) < 4.78 is 41.0. The van der Waals surface area contributed by atoms with Crippen LogP contribution in [-0.4, -0.2) is 23.2 Å². The van der Waals surface area contributed by atoms with Crippen molar-refractivity contribution in [1.82, 2.24) is 10.3 Å². The van der Waals surface area contributed by atoms with E-state index < -0.39 is 11.7 Å². The third kappa shape index (κ3) is 6.67. The maximum absolute atomic E-state index is 12.6. The Balaban J connectivity index is 0.000000161. The van der Waals surface area contributed by atoms with Crippen LogP contribution in [0.25, 0.3) is 0 Å². The smallest absolute Gasteiger partial charge is 0.416 e. The molecule has 9 heteroatoms. The molecule has 1 saturated heterocycles. The van der Waals surface area contributed by atoms with Gasteiger partial charge in [-0.1, -0.05) is 6.07 Å². The highest BCUT2D eigenvalue weighted by atomic mass is 32.2. The van der Waals surface area contributed by atoms with E-state index in [0.717, 1.165) is 49.3 Å². The molecule has 1 aliphatic heterocycles. The highest BCUT2D eigenvalue weighted by molar-refractivity contribution is 8.00. The summed E-state index contributed by atoms with van der Waals surface area (Å²) in [6, 6.07) is 9.93. The van der Waals surface area contributed by atoms with Gasteiger partial charge in [-0.3, -0.25) is 0 Å². The van der Waals surface area contributed by atoms with Gasteiger partial charge in [-0.25, -0.2) is 4.98 Å². The predicted molar refractivity (Wildman–Crippen MR) is 133 cm³/mol. The minimum atomic E-state index is -4.35. The fourth-order valence-corrected chi connectivity index (χ4v) is 5.63. The van der Waals surface area contributed by atoms with Gasteiger partial charge in [0.15, 0.2) is 5.13 Å². The molecule has 2 aliphatic rings. The van der Waals surface area contributed by atoms with Crippen LogP contribution in [-0.2, 0) is 19.0 Å². The van der Waals surface area contributed by atoms with Crippen molar-refractivity contribution in [3.05, 3.63) is 70.2 Å². The fourth-order valence-electron chi connectivity index (χ4n) is 4.34. The maximum Gasteiger partial charge on any atom is 0.416 e. The van der Waals surface area contributed by atoms with Crippen molar-refractivity contribution in [1.29, 1.82) is 0 Å². The Morgan fingerprint density at radius 3 is 2.50 bits per heavy atom. The van der Waals surface area contributed by atoms with Crippen molar-refractivity contribution in [3.8, 4) is 5.75 Å². The van der Waals surface area contributed by atoms with E-state index in [1.54, 1.807) is 23.3 Å². The molecule has 182 valence electrons. The lowest BCUT2D eigenvalue weighted by Gasteiger charge is -2.24. The molecule has 1 fully saturated rings. The quantitative estimate of drug-likeness (QED) is 0.331. The first-order chi connectivity index (χ1) is 16.4. The number of thiazole rings is 1. The summed E-state index contributed by atoms with van der Waals surface area (Å²) in [6.07, 6.45) is 4.15. The molecule has 0 saturated carbocycles. The Morgan fingerprint density at radius 2 is 1.79 bits per heavy atom. The van der Waals surface area contributed by atoms with Crippen LogP contribution in [0.1, 0.15) is 53.9 Å². The lowest BCUT2D eigenvalue weighted by Crippen LogP contribution is -2.26. The summed E-state index contributed by atoms with van der Waals surface area (Å²) in [5.74, 6) is -0.0246. The van der Waals surface area contributed by atoms with Crippen LogP contribution in [0.3, 0.4) is 0 Å². The molecule has 0 bridgehead atoms. The Morgan fingerprint density at radius 1 is 1.03 bits per heavy atom. The van der Waals surface area contributed by atoms with Crippen LogP contribution in [0.2, 0.25) is 0 Å². The molecule has 1 aromatic heterocycles. The Labute approximate surface area is 206 Å². The van der Waals surface area contributed by atoms with Gasteiger partial charge in [0.1, 0.15) is 5.75 Å². The number of aromatic hydroxyl groups is 1. The van der Waals surface area contributed by atoms with E-state index in [1.165, 1.54) is 41.7 Å². The van der Waals surface area contributed by atoms with Crippen molar-refractivity contribution < 1.29 is 18.3 Å². The summed E-state index contributed by atoms with van der Waals surface area (Å²) >= 11 is 3.28. The number of fused-ring (bicyclic) bond motifs is 1. The first kappa shape index (κ1) is 24.9. The molecule has 0 radical (unpaired) electrons. The number of phenolic OH excluding ortho intramolecular Hbond substituents is 1. The van der Waals surface area contributed by atoms with E-state index in [1.807, 2.05) is 11.6 Å². The van der Waals surface area contributed by atoms with Crippen molar-refractivity contribution in [2.24, 2.45) is 0 Å². The topological polar surface area (TPSA) is 57.2 Å². The number of benzene rings is 2. The number of hydrogen-bond donors (Lipinski definition) is 3. The fraction of sp³-hybridized carbons (Fsp3) is 0.400. The number of nitrogens with one attached hydrogen (secondary N) is 2. The molecular weight excluding hydrogens is 479 g/mol. The monoisotopic (exact) mass is 507 g/mol. The van der Waals surface area contributed by atoms with Gasteiger partial charge in [0.25, 0.3) is 0 Å². The second kappa shape index (κ2) is 11.5. The van der Waals surface area contributed by atoms with Gasteiger partial charge in [-0.05, 0) is 117 Å². The minimum absolute atomic E-state index is 0.0125. The number of halogens is 3. The van der Waals surface area contributed by atoms with E-state index in [-0.39, 0.29) is 11.7 Å². The number of piperidine rings is 1. The second-order valence-corrected chi connectivity index (χ2v) is 10.2. The highest BCUT2D eigenvalue weighted by Gasteiger charge is 2.32. The average molecular weight is 508 g/mol. The Kier molecular flexibility index (Phi) is 8.39. The highest BCUT2D eigenvalue weighted by Crippen LogP contribution is 2.37. The zero-order chi connectivity index (χ0) is 24.0. The molecule has 3 N–H and O–H groups in total. The number of anilines is 1. The first-order valence-electron chi connectivity index (χ1n) is 11.4. The van der Waals surface area contributed by atoms with Gasteiger partial charge in [0, 0.05) is 16.5 Å². The van der Waals surface area contributed by atoms with Gasteiger partial charge in [0.05, 0.1) is 5.56 Å². The van der Waals surface area contributed by atoms with E-state index >= 15 is 0 Å².